The third-order valence-electron chi connectivity index (χ3n) is 7.31. The Labute approximate surface area is 269 Å². The van der Waals surface area contributed by atoms with Crippen LogP contribution in [0.25, 0.3) is 0 Å². The largest absolute Gasteiger partial charge is 0.354 e. The van der Waals surface area contributed by atoms with E-state index in [1.807, 2.05) is 44.2 Å². The number of amides is 2. The molecule has 1 atom stereocenters. The van der Waals surface area contributed by atoms with Crippen molar-refractivity contribution in [3.8, 4) is 0 Å². The molecule has 0 saturated heterocycles. The highest BCUT2D eigenvalue weighted by Crippen LogP contribution is 2.29. The van der Waals surface area contributed by atoms with Gasteiger partial charge in [-0.1, -0.05) is 98.2 Å². The molecule has 4 rings (SSSR count). The monoisotopic (exact) mass is 649 g/mol. The lowest BCUT2D eigenvalue weighted by Crippen LogP contribution is -2.53. The Morgan fingerprint density at radius 1 is 0.889 bits per heavy atom. The molecule has 0 spiro atoms. The van der Waals surface area contributed by atoms with Crippen molar-refractivity contribution in [1.82, 2.24) is 10.2 Å². The molecule has 7 nitrogen and oxygen atoms in total. The van der Waals surface area contributed by atoms with Crippen LogP contribution < -0.4 is 9.62 Å². The summed E-state index contributed by atoms with van der Waals surface area (Å²) in [5, 5.41) is 3.24. The molecule has 0 aliphatic rings. The molecule has 0 saturated carbocycles. The van der Waals surface area contributed by atoms with Crippen molar-refractivity contribution < 1.29 is 22.4 Å². The maximum Gasteiger partial charge on any atom is 0.264 e. The molecule has 45 heavy (non-hydrogen) atoms. The van der Waals surface area contributed by atoms with Gasteiger partial charge in [0.1, 0.15) is 18.4 Å². The van der Waals surface area contributed by atoms with Crippen molar-refractivity contribution in [1.29, 1.82) is 0 Å². The predicted molar refractivity (Wildman–Crippen MR) is 176 cm³/mol. The molecule has 0 radical (unpaired) electrons. The third kappa shape index (κ3) is 8.71. The van der Waals surface area contributed by atoms with Gasteiger partial charge in [0.25, 0.3) is 10.0 Å². The van der Waals surface area contributed by atoms with Gasteiger partial charge in [-0.2, -0.15) is 0 Å². The summed E-state index contributed by atoms with van der Waals surface area (Å²) in [6.07, 6.45) is 0.132. The number of anilines is 1. The predicted octanol–water partition coefficient (Wildman–Crippen LogP) is 6.40. The van der Waals surface area contributed by atoms with Crippen LogP contribution in [0.1, 0.15) is 30.5 Å². The lowest BCUT2D eigenvalue weighted by Gasteiger charge is -2.34. The van der Waals surface area contributed by atoms with Crippen LogP contribution in [0.15, 0.2) is 108 Å². The molecule has 0 aliphatic carbocycles. The Hall–Kier alpha value is -4.21. The molecule has 10 heteroatoms. The third-order valence-corrected chi connectivity index (χ3v) is 9.50. The van der Waals surface area contributed by atoms with Gasteiger partial charge < -0.3 is 10.2 Å². The minimum absolute atomic E-state index is 0.0225. The van der Waals surface area contributed by atoms with Crippen molar-refractivity contribution in [3.05, 3.63) is 131 Å². The molecule has 4 aromatic carbocycles. The van der Waals surface area contributed by atoms with Gasteiger partial charge in [0.15, 0.2) is 0 Å². The molecule has 1 N–H and O–H groups in total. The number of nitrogens with one attached hydrogen (secondary N) is 1. The first-order valence-electron chi connectivity index (χ1n) is 14.7. The number of rotatable bonds is 13. The summed E-state index contributed by atoms with van der Waals surface area (Å²) in [4.78, 5) is 29.5. The summed E-state index contributed by atoms with van der Waals surface area (Å²) in [7, 11) is -4.27. The maximum atomic E-state index is 15.0. The average molecular weight is 650 g/mol. The Morgan fingerprint density at radius 3 is 2.13 bits per heavy atom. The number of hydrogen-bond acceptors (Lipinski definition) is 4. The summed E-state index contributed by atoms with van der Waals surface area (Å²) < 4.78 is 44.1. The van der Waals surface area contributed by atoms with Crippen molar-refractivity contribution in [2.75, 3.05) is 17.4 Å². The van der Waals surface area contributed by atoms with Crippen LogP contribution in [0.5, 0.6) is 0 Å². The minimum Gasteiger partial charge on any atom is -0.354 e. The van der Waals surface area contributed by atoms with Crippen molar-refractivity contribution in [2.24, 2.45) is 5.92 Å². The van der Waals surface area contributed by atoms with Crippen molar-refractivity contribution in [2.45, 2.75) is 44.7 Å². The van der Waals surface area contributed by atoms with Gasteiger partial charge in [-0.25, -0.2) is 12.8 Å². The van der Waals surface area contributed by atoms with Crippen molar-refractivity contribution >= 4 is 39.1 Å². The van der Waals surface area contributed by atoms with Crippen LogP contribution in [-0.2, 0) is 32.6 Å². The van der Waals surface area contributed by atoms with Gasteiger partial charge in [-0.05, 0) is 54.3 Å². The Bertz CT molecular complexity index is 1720. The lowest BCUT2D eigenvalue weighted by atomic mass is 10.0. The van der Waals surface area contributed by atoms with Gasteiger partial charge in [-0.3, -0.25) is 13.9 Å². The van der Waals surface area contributed by atoms with Gasteiger partial charge in [0, 0.05) is 30.1 Å². The van der Waals surface area contributed by atoms with E-state index in [9.17, 15) is 18.0 Å². The number of carbonyl (C=O) groups excluding carboxylic acids is 2. The number of hydrogen-bond donors (Lipinski definition) is 1. The fourth-order valence-electron chi connectivity index (χ4n) is 4.77. The molecular weight excluding hydrogens is 613 g/mol. The van der Waals surface area contributed by atoms with E-state index in [1.165, 1.54) is 35.2 Å². The number of halogens is 2. The first-order valence-corrected chi connectivity index (χ1v) is 16.5. The molecule has 236 valence electrons. The molecule has 0 aromatic heterocycles. The lowest BCUT2D eigenvalue weighted by molar-refractivity contribution is -0.140. The standard InChI is InChI=1S/C35H37ClFN3O4S/c1-25(2)22-38-35(42)33(20-27-12-6-4-7-13-27)39(23-28-14-10-11-17-32(28)37)34(41)24-40(29-19-18-26(3)31(36)21-29)45(43,44)30-15-8-5-9-16-30/h4-19,21,25,33H,20,22-24H2,1-3H3,(H,38,42). The summed E-state index contributed by atoms with van der Waals surface area (Å²) >= 11 is 6.41. The molecule has 4 aromatic rings. The smallest absolute Gasteiger partial charge is 0.264 e. The summed E-state index contributed by atoms with van der Waals surface area (Å²) in [5.41, 5.74) is 1.89. The van der Waals surface area contributed by atoms with Crippen LogP contribution in [0.2, 0.25) is 5.02 Å². The van der Waals surface area contributed by atoms with E-state index >= 15 is 4.39 Å². The van der Waals surface area contributed by atoms with E-state index in [4.69, 9.17) is 11.6 Å². The average Bonchev–Trinajstić information content (AvgIpc) is 3.03. The zero-order chi connectivity index (χ0) is 32.6. The second kappa shape index (κ2) is 15.2. The highest BCUT2D eigenvalue weighted by Gasteiger charge is 2.35. The number of nitrogens with zero attached hydrogens (tertiary/aromatic N) is 2. The van der Waals surface area contributed by atoms with E-state index in [0.29, 0.717) is 11.6 Å². The van der Waals surface area contributed by atoms with Crippen LogP contribution in [-0.4, -0.2) is 44.3 Å². The zero-order valence-corrected chi connectivity index (χ0v) is 27.1. The van der Waals surface area contributed by atoms with Crippen LogP contribution >= 0.6 is 11.6 Å². The Kier molecular flexibility index (Phi) is 11.4. The molecular formula is C35H37ClFN3O4S. The van der Waals surface area contributed by atoms with E-state index in [-0.39, 0.29) is 35.0 Å². The highest BCUT2D eigenvalue weighted by atomic mass is 35.5. The van der Waals surface area contributed by atoms with E-state index < -0.39 is 40.2 Å². The molecule has 0 fully saturated rings. The summed E-state index contributed by atoms with van der Waals surface area (Å²) in [6, 6.07) is 26.6. The Morgan fingerprint density at radius 2 is 1.51 bits per heavy atom. The van der Waals surface area contributed by atoms with Crippen molar-refractivity contribution in [3.63, 3.8) is 0 Å². The minimum atomic E-state index is -4.27. The van der Waals surface area contributed by atoms with Gasteiger partial charge >= 0.3 is 0 Å². The number of benzene rings is 4. The topological polar surface area (TPSA) is 86.8 Å². The zero-order valence-electron chi connectivity index (χ0n) is 25.5. The van der Waals surface area contributed by atoms with Crippen LogP contribution in [0, 0.1) is 18.7 Å². The summed E-state index contributed by atoms with van der Waals surface area (Å²) in [6.45, 7) is 5.14. The number of carbonyl (C=O) groups is 2. The first kappa shape index (κ1) is 33.7. The van der Waals surface area contributed by atoms with E-state index in [0.717, 1.165) is 15.4 Å². The van der Waals surface area contributed by atoms with Gasteiger partial charge in [0.2, 0.25) is 11.8 Å². The quantitative estimate of drug-likeness (QED) is 0.182. The second-order valence-electron chi connectivity index (χ2n) is 11.2. The first-order chi connectivity index (χ1) is 21.5. The fraction of sp³-hybridized carbons (Fsp3) is 0.257. The number of sulfonamides is 1. The van der Waals surface area contributed by atoms with E-state index in [2.05, 4.69) is 5.32 Å². The normalized spacial score (nSPS) is 12.0. The fourth-order valence-corrected chi connectivity index (χ4v) is 6.37. The second-order valence-corrected chi connectivity index (χ2v) is 13.5. The molecule has 0 bridgehead atoms. The van der Waals surface area contributed by atoms with Crippen LogP contribution in [0.4, 0.5) is 10.1 Å². The molecule has 0 heterocycles. The molecule has 0 aliphatic heterocycles. The number of aryl methyl sites for hydroxylation is 1. The maximum absolute atomic E-state index is 15.0. The summed E-state index contributed by atoms with van der Waals surface area (Å²) in [5.74, 6) is -1.52. The van der Waals surface area contributed by atoms with Crippen LogP contribution in [0.3, 0.4) is 0 Å². The Balaban J connectivity index is 1.82. The highest BCUT2D eigenvalue weighted by molar-refractivity contribution is 7.92. The SMILES string of the molecule is Cc1ccc(N(CC(=O)N(Cc2ccccc2F)C(Cc2ccccc2)C(=O)NCC(C)C)S(=O)(=O)c2ccccc2)cc1Cl. The molecule has 1 unspecified atom stereocenters. The van der Waals surface area contributed by atoms with Gasteiger partial charge in [0.05, 0.1) is 10.6 Å². The molecule has 2 amide bonds. The van der Waals surface area contributed by atoms with E-state index in [1.54, 1.807) is 49.4 Å². The van der Waals surface area contributed by atoms with Gasteiger partial charge in [-0.15, -0.1) is 0 Å².